The first-order chi connectivity index (χ1) is 11.5. The third-order valence-corrected chi connectivity index (χ3v) is 6.39. The highest BCUT2D eigenvalue weighted by Crippen LogP contribution is 2.20. The molecule has 1 aromatic carbocycles. The maximum absolute atomic E-state index is 12.1. The molecular weight excluding hydrogens is 348 g/mol. The Kier molecular flexibility index (Phi) is 5.17. The molecule has 8 heteroatoms. The fourth-order valence-corrected chi connectivity index (χ4v) is 4.42. The molecule has 6 nitrogen and oxygen atoms in total. The molecule has 3 rings (SSSR count). The summed E-state index contributed by atoms with van der Waals surface area (Å²) in [5, 5.41) is 13.7. The van der Waals surface area contributed by atoms with Gasteiger partial charge in [0.2, 0.25) is 0 Å². The van der Waals surface area contributed by atoms with E-state index in [-0.39, 0.29) is 16.2 Å². The molecule has 128 valence electrons. The number of ether oxygens (including phenoxy) is 1. The van der Waals surface area contributed by atoms with Crippen LogP contribution in [0.4, 0.5) is 5.69 Å². The van der Waals surface area contributed by atoms with E-state index in [1.807, 2.05) is 0 Å². The van der Waals surface area contributed by atoms with Gasteiger partial charge in [0, 0.05) is 12.3 Å². The van der Waals surface area contributed by atoms with Crippen LogP contribution in [0.1, 0.15) is 18.4 Å². The zero-order chi connectivity index (χ0) is 17.0. The largest absolute Gasteiger partial charge is 0.858 e. The van der Waals surface area contributed by atoms with Gasteiger partial charge >= 0.3 is 0 Å². The molecule has 0 bridgehead atoms. The van der Waals surface area contributed by atoms with Crippen molar-refractivity contribution in [2.45, 2.75) is 23.2 Å². The molecule has 0 amide bonds. The first-order valence-corrected chi connectivity index (χ1v) is 9.91. The Balaban J connectivity index is 1.65. The molecule has 1 aliphatic heterocycles. The van der Waals surface area contributed by atoms with Crippen molar-refractivity contribution in [1.82, 2.24) is 0 Å². The topological polar surface area (TPSA) is 90.8 Å². The molecule has 1 aliphatic rings. The lowest BCUT2D eigenvalue weighted by atomic mass is 10.2. The van der Waals surface area contributed by atoms with E-state index in [2.05, 4.69) is 9.71 Å². The lowest BCUT2D eigenvalue weighted by Gasteiger charge is -2.14. The predicted molar refractivity (Wildman–Crippen MR) is 91.9 cm³/mol. The maximum Gasteiger partial charge on any atom is 0.271 e. The summed E-state index contributed by atoms with van der Waals surface area (Å²) in [6, 6.07) is 9.45. The summed E-state index contributed by atoms with van der Waals surface area (Å²) in [5.41, 5.74) is 0.825. The average molecular weight is 365 g/mol. The second-order valence-electron chi connectivity index (χ2n) is 5.40. The summed E-state index contributed by atoms with van der Waals surface area (Å²) >= 11 is 1.14. The summed E-state index contributed by atoms with van der Waals surface area (Å²) in [5.74, 6) is -0.321. The van der Waals surface area contributed by atoms with E-state index in [0.717, 1.165) is 30.8 Å². The number of sulfonamides is 1. The second kappa shape index (κ2) is 7.33. The van der Waals surface area contributed by atoms with Gasteiger partial charge in [-0.2, -0.15) is 0 Å². The molecule has 1 fully saturated rings. The van der Waals surface area contributed by atoms with Gasteiger partial charge in [-0.25, -0.2) is 8.42 Å². The summed E-state index contributed by atoms with van der Waals surface area (Å²) in [6.07, 6.45) is 1.97. The minimum atomic E-state index is -3.58. The quantitative estimate of drug-likeness (QED) is 0.625. The number of hydrogen-bond donors (Lipinski definition) is 1. The zero-order valence-corrected chi connectivity index (χ0v) is 14.5. The normalized spacial score (nSPS) is 18.7. The zero-order valence-electron chi connectivity index (χ0n) is 12.8. The van der Waals surface area contributed by atoms with Gasteiger partial charge in [0.1, 0.15) is 4.21 Å². The summed E-state index contributed by atoms with van der Waals surface area (Å²) in [6.45, 7) is 1.10. The Labute approximate surface area is 144 Å². The van der Waals surface area contributed by atoms with Crippen molar-refractivity contribution in [2.75, 3.05) is 17.9 Å². The number of nitrogens with zero attached hydrogens (tertiary/aromatic N) is 1. The van der Waals surface area contributed by atoms with Gasteiger partial charge in [0.25, 0.3) is 10.0 Å². The van der Waals surface area contributed by atoms with Crippen LogP contribution in [-0.4, -0.2) is 33.6 Å². The van der Waals surface area contributed by atoms with Crippen molar-refractivity contribution in [3.63, 3.8) is 0 Å². The van der Waals surface area contributed by atoms with Crippen LogP contribution in [0.2, 0.25) is 0 Å². The van der Waals surface area contributed by atoms with E-state index >= 15 is 0 Å². The molecule has 1 saturated heterocycles. The first kappa shape index (κ1) is 16.9. The van der Waals surface area contributed by atoms with E-state index < -0.39 is 10.0 Å². The molecule has 1 aromatic heterocycles. The lowest BCUT2D eigenvalue weighted by molar-refractivity contribution is -0.213. The fourth-order valence-electron chi connectivity index (χ4n) is 2.37. The molecular formula is C16H17N2O4S2-. The van der Waals surface area contributed by atoms with Crippen molar-refractivity contribution >= 4 is 32.9 Å². The Bertz CT molecular complexity index is 793. The number of thiophene rings is 1. The maximum atomic E-state index is 12.1. The van der Waals surface area contributed by atoms with E-state index in [0.29, 0.717) is 17.8 Å². The molecule has 1 N–H and O–H groups in total. The van der Waals surface area contributed by atoms with E-state index in [9.17, 15) is 13.5 Å². The molecule has 0 spiro atoms. The first-order valence-electron chi connectivity index (χ1n) is 7.54. The summed E-state index contributed by atoms with van der Waals surface area (Å²) in [4.78, 5) is 4.02. The molecule has 2 heterocycles. The molecule has 0 saturated carbocycles. The minimum absolute atomic E-state index is 0.0332. The van der Waals surface area contributed by atoms with Gasteiger partial charge in [-0.15, -0.1) is 11.3 Å². The second-order valence-corrected chi connectivity index (χ2v) is 8.25. The van der Waals surface area contributed by atoms with Crippen molar-refractivity contribution in [2.24, 2.45) is 4.99 Å². The molecule has 24 heavy (non-hydrogen) atoms. The van der Waals surface area contributed by atoms with Crippen LogP contribution in [0.3, 0.4) is 0 Å². The van der Waals surface area contributed by atoms with Crippen LogP contribution in [0, 0.1) is 0 Å². The smallest absolute Gasteiger partial charge is 0.271 e. The highest BCUT2D eigenvalue weighted by Gasteiger charge is 2.15. The number of benzene rings is 1. The number of hydrogen-bond acceptors (Lipinski definition) is 6. The number of rotatable bonds is 6. The number of nitrogens with one attached hydrogen (secondary N) is 1. The van der Waals surface area contributed by atoms with E-state index in [1.165, 1.54) is 6.07 Å². The molecule has 0 unspecified atom stereocenters. The monoisotopic (exact) mass is 365 g/mol. The van der Waals surface area contributed by atoms with Crippen molar-refractivity contribution in [3.8, 4) is 0 Å². The van der Waals surface area contributed by atoms with Crippen LogP contribution in [0.5, 0.6) is 0 Å². The van der Waals surface area contributed by atoms with Gasteiger partial charge in [-0.05, 0) is 47.9 Å². The van der Waals surface area contributed by atoms with Crippen molar-refractivity contribution in [3.05, 3.63) is 47.3 Å². The molecule has 0 aliphatic carbocycles. The van der Waals surface area contributed by atoms with E-state index in [1.54, 1.807) is 35.7 Å². The standard InChI is InChI=1S/C16H18N2O4S2/c19-16(17-11-14-3-1-9-22-14)12-5-7-13(8-6-12)18-24(20,21)15-4-2-10-23-15/h2,4-8,10,14,18H,1,3,9,11H2,(H,17,19)/p-1/t14-/m1/s1. The van der Waals surface area contributed by atoms with Gasteiger partial charge in [0.15, 0.2) is 0 Å². The van der Waals surface area contributed by atoms with Gasteiger partial charge < -0.3 is 9.84 Å². The third kappa shape index (κ3) is 4.14. The Morgan fingerprint density at radius 3 is 2.75 bits per heavy atom. The molecule has 1 atom stereocenters. The highest BCUT2D eigenvalue weighted by atomic mass is 32.2. The fraction of sp³-hybridized carbons (Fsp3) is 0.312. The minimum Gasteiger partial charge on any atom is -0.858 e. The Morgan fingerprint density at radius 2 is 2.12 bits per heavy atom. The van der Waals surface area contributed by atoms with Crippen LogP contribution in [-0.2, 0) is 14.8 Å². The van der Waals surface area contributed by atoms with Crippen LogP contribution < -0.4 is 9.83 Å². The average Bonchev–Trinajstić information content (AvgIpc) is 3.26. The molecule has 0 radical (unpaired) electrons. The van der Waals surface area contributed by atoms with Gasteiger partial charge in [0.05, 0.1) is 12.6 Å². The Morgan fingerprint density at radius 1 is 1.33 bits per heavy atom. The highest BCUT2D eigenvalue weighted by molar-refractivity contribution is 7.94. The van der Waals surface area contributed by atoms with Crippen LogP contribution in [0.15, 0.2) is 51.0 Å². The van der Waals surface area contributed by atoms with Crippen LogP contribution >= 0.6 is 11.3 Å². The van der Waals surface area contributed by atoms with Gasteiger partial charge in [-0.1, -0.05) is 18.2 Å². The predicted octanol–water partition coefficient (Wildman–Crippen LogP) is 1.83. The van der Waals surface area contributed by atoms with Crippen LogP contribution in [0.25, 0.3) is 0 Å². The van der Waals surface area contributed by atoms with Crippen molar-refractivity contribution in [1.29, 1.82) is 0 Å². The number of aliphatic imine (C=N–C) groups is 1. The van der Waals surface area contributed by atoms with Gasteiger partial charge in [-0.3, -0.25) is 9.71 Å². The SMILES string of the molecule is O=S(=O)(Nc1ccc(C([O-])=NC[C@H]2CCCO2)cc1)c1cccs1. The van der Waals surface area contributed by atoms with E-state index in [4.69, 9.17) is 4.74 Å². The van der Waals surface area contributed by atoms with Crippen molar-refractivity contribution < 1.29 is 18.3 Å². The lowest BCUT2D eigenvalue weighted by Crippen LogP contribution is -2.22. The Hall–Kier alpha value is -1.90. The third-order valence-electron chi connectivity index (χ3n) is 3.61. The summed E-state index contributed by atoms with van der Waals surface area (Å²) < 4.78 is 32.4. The summed E-state index contributed by atoms with van der Waals surface area (Å²) in [7, 11) is -3.58. The molecule has 2 aromatic rings. The number of anilines is 1.